The monoisotopic (exact) mass is 205 g/mol. The molecule has 0 radical (unpaired) electrons. The van der Waals surface area contributed by atoms with Crippen LogP contribution in [0.25, 0.3) is 10.4 Å². The van der Waals surface area contributed by atoms with Gasteiger partial charge in [0.15, 0.2) is 6.29 Å². The molecule has 0 saturated heterocycles. The van der Waals surface area contributed by atoms with E-state index in [-0.39, 0.29) is 6.29 Å². The minimum atomic E-state index is -2.77. The molecule has 8 nitrogen and oxygen atoms in total. The van der Waals surface area contributed by atoms with E-state index in [4.69, 9.17) is 15.7 Å². The lowest BCUT2D eigenvalue weighted by atomic mass is 10.0. The summed E-state index contributed by atoms with van der Waals surface area (Å²) in [5.74, 6) is 0. The van der Waals surface area contributed by atoms with Crippen molar-refractivity contribution in [1.29, 1.82) is 0 Å². The van der Waals surface area contributed by atoms with Gasteiger partial charge in [0.25, 0.3) is 0 Å². The molecule has 8 heteroatoms. The van der Waals surface area contributed by atoms with E-state index in [0.29, 0.717) is 0 Å². The van der Waals surface area contributed by atoms with Gasteiger partial charge in [0.05, 0.1) is 6.10 Å². The number of aliphatic hydroxyl groups excluding tert-OH is 3. The Balaban J connectivity index is 4.86. The average molecular weight is 205 g/mol. The molecule has 0 aromatic rings. The Kier molecular flexibility index (Phi) is 4.48. The number of aldehydes is 1. The van der Waals surface area contributed by atoms with E-state index in [1.165, 1.54) is 0 Å². The minimum Gasteiger partial charge on any atom is -0.391 e. The maximum absolute atomic E-state index is 10.3. The zero-order valence-corrected chi connectivity index (χ0v) is 7.35. The fourth-order valence-corrected chi connectivity index (χ4v) is 0.739. The molecule has 0 saturated carbocycles. The largest absolute Gasteiger partial charge is 0.391 e. The summed E-state index contributed by atoms with van der Waals surface area (Å²) in [4.78, 5) is 12.5. The lowest BCUT2D eigenvalue weighted by Gasteiger charge is -2.27. The summed E-state index contributed by atoms with van der Waals surface area (Å²) in [6.07, 6.45) is -5.49. The van der Waals surface area contributed by atoms with Gasteiger partial charge in [0, 0.05) is 4.91 Å². The molecule has 0 aromatic carbocycles. The van der Waals surface area contributed by atoms with Gasteiger partial charge >= 0.3 is 0 Å². The molecular formula is C6H11N3O5. The highest BCUT2D eigenvalue weighted by Gasteiger charge is 2.41. The van der Waals surface area contributed by atoms with Crippen LogP contribution in [0.2, 0.25) is 0 Å². The van der Waals surface area contributed by atoms with Crippen LogP contribution in [0.15, 0.2) is 5.11 Å². The van der Waals surface area contributed by atoms with Crippen LogP contribution in [0.5, 0.6) is 0 Å². The molecule has 0 aromatic heterocycles. The molecule has 0 heterocycles. The van der Waals surface area contributed by atoms with Crippen LogP contribution >= 0.6 is 0 Å². The number of nitrogens with zero attached hydrogens (tertiary/aromatic N) is 3. The Morgan fingerprint density at radius 1 is 1.50 bits per heavy atom. The van der Waals surface area contributed by atoms with Crippen molar-refractivity contribution < 1.29 is 25.2 Å². The summed E-state index contributed by atoms with van der Waals surface area (Å²) in [6.45, 7) is 1.13. The highest BCUT2D eigenvalue weighted by Crippen LogP contribution is 2.15. The van der Waals surface area contributed by atoms with Gasteiger partial charge in [-0.15, -0.1) is 0 Å². The molecule has 0 aliphatic heterocycles. The molecule has 0 spiro atoms. The molecular weight excluding hydrogens is 194 g/mol. The molecule has 0 unspecified atom stereocenters. The predicted molar refractivity (Wildman–Crippen MR) is 43.9 cm³/mol. The second kappa shape index (κ2) is 4.89. The smallest absolute Gasteiger partial charge is 0.227 e. The Hall–Kier alpha value is -1.18. The maximum atomic E-state index is 10.3. The van der Waals surface area contributed by atoms with Crippen molar-refractivity contribution >= 4 is 6.29 Å². The molecule has 0 amide bonds. The first-order chi connectivity index (χ1) is 6.39. The summed E-state index contributed by atoms with van der Waals surface area (Å²) in [6, 6.07) is 0. The van der Waals surface area contributed by atoms with Crippen molar-refractivity contribution in [1.82, 2.24) is 0 Å². The van der Waals surface area contributed by atoms with Crippen LogP contribution < -0.4 is 0 Å². The number of carbonyl (C=O) groups excluding carboxylic acids is 1. The third kappa shape index (κ3) is 2.66. The fraction of sp³-hybridized carbons (Fsp3) is 0.833. The normalized spacial score (nSPS) is 21.2. The molecule has 4 atom stereocenters. The van der Waals surface area contributed by atoms with E-state index in [2.05, 4.69) is 10.0 Å². The molecule has 0 bridgehead atoms. The topological polar surface area (TPSA) is 147 Å². The van der Waals surface area contributed by atoms with Gasteiger partial charge in [-0.25, -0.2) is 0 Å². The van der Waals surface area contributed by atoms with Gasteiger partial charge in [0.1, 0.15) is 12.2 Å². The van der Waals surface area contributed by atoms with Gasteiger partial charge in [-0.3, -0.25) is 4.79 Å². The Morgan fingerprint density at radius 2 is 2.00 bits per heavy atom. The highest BCUT2D eigenvalue weighted by molar-refractivity contribution is 5.62. The second-order valence-corrected chi connectivity index (χ2v) is 2.77. The summed E-state index contributed by atoms with van der Waals surface area (Å²) in [7, 11) is 0. The fourth-order valence-electron chi connectivity index (χ4n) is 0.739. The van der Waals surface area contributed by atoms with E-state index in [9.17, 15) is 15.0 Å². The van der Waals surface area contributed by atoms with Gasteiger partial charge in [-0.2, -0.15) is 0 Å². The van der Waals surface area contributed by atoms with Gasteiger partial charge in [-0.05, 0) is 17.6 Å². The van der Waals surface area contributed by atoms with Crippen LogP contribution in [0.1, 0.15) is 6.92 Å². The van der Waals surface area contributed by atoms with Crippen molar-refractivity contribution in [3.63, 3.8) is 0 Å². The van der Waals surface area contributed by atoms with Crippen LogP contribution in [0.3, 0.4) is 0 Å². The molecule has 0 aliphatic rings. The average Bonchev–Trinajstić information content (AvgIpc) is 2.15. The number of azide groups is 1. The Labute approximate surface area is 79.0 Å². The van der Waals surface area contributed by atoms with Crippen LogP contribution in [-0.4, -0.2) is 50.7 Å². The zero-order chi connectivity index (χ0) is 11.4. The van der Waals surface area contributed by atoms with E-state index in [0.717, 1.165) is 6.92 Å². The summed E-state index contributed by atoms with van der Waals surface area (Å²) >= 11 is 0. The molecule has 4 N–H and O–H groups in total. The van der Waals surface area contributed by atoms with Crippen LogP contribution in [0, 0.1) is 0 Å². The van der Waals surface area contributed by atoms with Crippen molar-refractivity contribution in [2.45, 2.75) is 31.0 Å². The van der Waals surface area contributed by atoms with Crippen molar-refractivity contribution in [3.05, 3.63) is 10.4 Å². The number of rotatable bonds is 5. The Bertz CT molecular complexity index is 252. The first-order valence-electron chi connectivity index (χ1n) is 3.68. The highest BCUT2D eigenvalue weighted by atomic mass is 16.4. The van der Waals surface area contributed by atoms with E-state index < -0.39 is 24.0 Å². The van der Waals surface area contributed by atoms with Gasteiger partial charge in [0.2, 0.25) is 5.72 Å². The molecule has 14 heavy (non-hydrogen) atoms. The van der Waals surface area contributed by atoms with Crippen molar-refractivity contribution in [3.8, 4) is 0 Å². The van der Waals surface area contributed by atoms with Crippen LogP contribution in [-0.2, 0) is 4.79 Å². The van der Waals surface area contributed by atoms with Crippen LogP contribution in [0.4, 0.5) is 0 Å². The lowest BCUT2D eigenvalue weighted by Crippen LogP contribution is -2.52. The van der Waals surface area contributed by atoms with Gasteiger partial charge in [-0.1, -0.05) is 0 Å². The molecule has 0 rings (SSSR count). The van der Waals surface area contributed by atoms with Gasteiger partial charge < -0.3 is 20.4 Å². The quantitative estimate of drug-likeness (QED) is 0.182. The SMILES string of the molecule is C[C@H](O)[C@H](O)[C@@H](O)[C@](O)(C=O)N=[N+]=[N-]. The summed E-state index contributed by atoms with van der Waals surface area (Å²) < 4.78 is 0. The second-order valence-electron chi connectivity index (χ2n) is 2.77. The number of hydrogen-bond donors (Lipinski definition) is 4. The first kappa shape index (κ1) is 12.8. The predicted octanol–water partition coefficient (Wildman–Crippen LogP) is -1.71. The van der Waals surface area contributed by atoms with E-state index in [1.54, 1.807) is 0 Å². The zero-order valence-electron chi connectivity index (χ0n) is 7.35. The maximum Gasteiger partial charge on any atom is 0.227 e. The van der Waals surface area contributed by atoms with E-state index >= 15 is 0 Å². The van der Waals surface area contributed by atoms with E-state index in [1.807, 2.05) is 0 Å². The third-order valence-electron chi connectivity index (χ3n) is 1.63. The van der Waals surface area contributed by atoms with Crippen molar-refractivity contribution in [2.24, 2.45) is 5.11 Å². The molecule has 80 valence electrons. The first-order valence-corrected chi connectivity index (χ1v) is 3.68. The minimum absolute atomic E-state index is 0.219. The Morgan fingerprint density at radius 3 is 2.29 bits per heavy atom. The lowest BCUT2D eigenvalue weighted by molar-refractivity contribution is -0.158. The summed E-state index contributed by atoms with van der Waals surface area (Å²) in [5, 5.41) is 38.9. The van der Waals surface area contributed by atoms with Crippen molar-refractivity contribution in [2.75, 3.05) is 0 Å². The number of hydrogen-bond acceptors (Lipinski definition) is 6. The summed E-state index contributed by atoms with van der Waals surface area (Å²) in [5.41, 5.74) is 5.21. The number of carbonyl (C=O) groups is 1. The standard InChI is InChI=1S/C6H11N3O5/c1-3(11)4(12)5(13)6(14,2-10)8-9-7/h2-5,11-14H,1H3/t3-,4-,5+,6+/m0/s1. The number of aliphatic hydroxyl groups is 4. The third-order valence-corrected chi connectivity index (χ3v) is 1.63. The molecule has 0 fully saturated rings. The molecule has 0 aliphatic carbocycles.